The van der Waals surface area contributed by atoms with E-state index in [0.29, 0.717) is 10.6 Å². The van der Waals surface area contributed by atoms with Gasteiger partial charge in [-0.3, -0.25) is 0 Å². The van der Waals surface area contributed by atoms with Crippen molar-refractivity contribution in [2.45, 2.75) is 18.7 Å². The number of nitrogens with zero attached hydrogens (tertiary/aromatic N) is 1. The second-order valence-corrected chi connectivity index (χ2v) is 7.30. The van der Waals surface area contributed by atoms with Crippen molar-refractivity contribution in [3.8, 4) is 0 Å². The standard InChI is InChI=1S/C12H12ClFN2O2S2/c1-8(12-15-4-5-19-12)16-20(17,18)7-9-2-3-10(13)11(14)6-9/h2-6,8,16H,7H2,1H3/t8-/m1/s1. The molecular weight excluding hydrogens is 323 g/mol. The van der Waals surface area contributed by atoms with Crippen LogP contribution >= 0.6 is 22.9 Å². The van der Waals surface area contributed by atoms with Gasteiger partial charge in [0.2, 0.25) is 10.0 Å². The van der Waals surface area contributed by atoms with E-state index >= 15 is 0 Å². The van der Waals surface area contributed by atoms with E-state index in [1.807, 2.05) is 0 Å². The van der Waals surface area contributed by atoms with Crippen molar-refractivity contribution in [3.63, 3.8) is 0 Å². The van der Waals surface area contributed by atoms with Crippen LogP contribution in [-0.2, 0) is 15.8 Å². The van der Waals surface area contributed by atoms with Crippen LogP contribution in [0.2, 0.25) is 5.02 Å². The molecule has 8 heteroatoms. The number of halogens is 2. The molecule has 0 bridgehead atoms. The van der Waals surface area contributed by atoms with Crippen LogP contribution in [0.15, 0.2) is 29.8 Å². The molecule has 1 atom stereocenters. The number of benzene rings is 1. The van der Waals surface area contributed by atoms with E-state index < -0.39 is 21.9 Å². The Bertz CT molecular complexity index is 689. The third kappa shape index (κ3) is 3.99. The van der Waals surface area contributed by atoms with E-state index in [1.54, 1.807) is 18.5 Å². The summed E-state index contributed by atoms with van der Waals surface area (Å²) in [4.78, 5) is 4.05. The minimum Gasteiger partial charge on any atom is -0.248 e. The van der Waals surface area contributed by atoms with Crippen molar-refractivity contribution in [3.05, 3.63) is 51.2 Å². The highest BCUT2D eigenvalue weighted by atomic mass is 35.5. The average molecular weight is 335 g/mol. The predicted molar refractivity (Wildman–Crippen MR) is 77.7 cm³/mol. The summed E-state index contributed by atoms with van der Waals surface area (Å²) < 4.78 is 39.8. The number of sulfonamides is 1. The Morgan fingerprint density at radius 2 is 2.25 bits per heavy atom. The smallest absolute Gasteiger partial charge is 0.216 e. The Morgan fingerprint density at radius 1 is 1.50 bits per heavy atom. The van der Waals surface area contributed by atoms with E-state index in [4.69, 9.17) is 11.6 Å². The number of hydrogen-bond donors (Lipinski definition) is 1. The third-order valence-corrected chi connectivity index (χ3v) is 5.21. The van der Waals surface area contributed by atoms with Gasteiger partial charge in [0, 0.05) is 11.6 Å². The van der Waals surface area contributed by atoms with E-state index in [1.165, 1.54) is 23.5 Å². The quantitative estimate of drug-likeness (QED) is 0.914. The number of nitrogens with one attached hydrogen (secondary N) is 1. The molecule has 0 fully saturated rings. The van der Waals surface area contributed by atoms with Crippen LogP contribution in [0.5, 0.6) is 0 Å². The minimum atomic E-state index is -3.58. The lowest BCUT2D eigenvalue weighted by atomic mass is 10.2. The average Bonchev–Trinajstić information content (AvgIpc) is 2.86. The fourth-order valence-corrected chi connectivity index (χ4v) is 3.85. The molecule has 0 saturated carbocycles. The number of rotatable bonds is 5. The third-order valence-electron chi connectivity index (χ3n) is 2.52. The second-order valence-electron chi connectivity index (χ2n) is 4.22. The summed E-state index contributed by atoms with van der Waals surface area (Å²) in [6.07, 6.45) is 1.61. The van der Waals surface area contributed by atoms with Crippen LogP contribution in [0.25, 0.3) is 0 Å². The van der Waals surface area contributed by atoms with Gasteiger partial charge < -0.3 is 0 Å². The number of hydrogen-bond acceptors (Lipinski definition) is 4. The Labute approximate surface area is 125 Å². The largest absolute Gasteiger partial charge is 0.248 e. The number of thiazole rings is 1. The normalized spacial score (nSPS) is 13.3. The first-order valence-corrected chi connectivity index (χ1v) is 8.62. The van der Waals surface area contributed by atoms with E-state index in [2.05, 4.69) is 9.71 Å². The highest BCUT2D eigenvalue weighted by Crippen LogP contribution is 2.19. The molecular formula is C12H12ClFN2O2S2. The summed E-state index contributed by atoms with van der Waals surface area (Å²) in [5.41, 5.74) is 0.339. The summed E-state index contributed by atoms with van der Waals surface area (Å²) in [6, 6.07) is 3.53. The molecule has 0 saturated heterocycles. The molecule has 2 rings (SSSR count). The first kappa shape index (κ1) is 15.4. The van der Waals surface area contributed by atoms with Crippen LogP contribution in [0.1, 0.15) is 23.5 Å². The molecule has 0 spiro atoms. The van der Waals surface area contributed by atoms with Crippen LogP contribution in [0, 0.1) is 5.82 Å². The summed E-state index contributed by atoms with van der Waals surface area (Å²) >= 11 is 6.92. The van der Waals surface area contributed by atoms with E-state index in [0.717, 1.165) is 6.07 Å². The van der Waals surface area contributed by atoms with Gasteiger partial charge >= 0.3 is 0 Å². The molecule has 1 N–H and O–H groups in total. The summed E-state index contributed by atoms with van der Waals surface area (Å²) in [7, 11) is -3.58. The SMILES string of the molecule is C[C@@H](NS(=O)(=O)Cc1ccc(Cl)c(F)c1)c1nccs1. The lowest BCUT2D eigenvalue weighted by molar-refractivity contribution is 0.565. The highest BCUT2D eigenvalue weighted by Gasteiger charge is 2.18. The molecule has 0 radical (unpaired) electrons. The monoisotopic (exact) mass is 334 g/mol. The van der Waals surface area contributed by atoms with Gasteiger partial charge in [-0.2, -0.15) is 0 Å². The van der Waals surface area contributed by atoms with Crippen LogP contribution in [-0.4, -0.2) is 13.4 Å². The molecule has 1 heterocycles. The summed E-state index contributed by atoms with van der Waals surface area (Å²) in [5.74, 6) is -0.941. The molecule has 0 amide bonds. The lowest BCUT2D eigenvalue weighted by Crippen LogP contribution is -2.28. The molecule has 0 aliphatic heterocycles. The zero-order valence-electron chi connectivity index (χ0n) is 10.5. The number of aromatic nitrogens is 1. The maximum absolute atomic E-state index is 13.3. The Balaban J connectivity index is 2.09. The molecule has 1 aromatic heterocycles. The van der Waals surface area contributed by atoms with Crippen molar-refractivity contribution >= 4 is 33.0 Å². The molecule has 1 aromatic carbocycles. The van der Waals surface area contributed by atoms with Crippen molar-refractivity contribution in [2.24, 2.45) is 0 Å². The van der Waals surface area contributed by atoms with Gasteiger partial charge in [0.25, 0.3) is 0 Å². The van der Waals surface area contributed by atoms with Crippen LogP contribution in [0.4, 0.5) is 4.39 Å². The van der Waals surface area contributed by atoms with Crippen molar-refractivity contribution in [1.29, 1.82) is 0 Å². The zero-order valence-corrected chi connectivity index (χ0v) is 12.9. The maximum Gasteiger partial charge on any atom is 0.216 e. The van der Waals surface area contributed by atoms with Crippen molar-refractivity contribution in [2.75, 3.05) is 0 Å². The van der Waals surface area contributed by atoms with Crippen molar-refractivity contribution < 1.29 is 12.8 Å². The lowest BCUT2D eigenvalue weighted by Gasteiger charge is -2.12. The Morgan fingerprint density at radius 3 is 2.85 bits per heavy atom. The van der Waals surface area contributed by atoms with Gasteiger partial charge in [-0.1, -0.05) is 17.7 Å². The van der Waals surface area contributed by atoms with Gasteiger partial charge in [-0.05, 0) is 24.6 Å². The fraction of sp³-hybridized carbons (Fsp3) is 0.250. The second kappa shape index (κ2) is 6.17. The first-order chi connectivity index (χ1) is 9.37. The molecule has 0 aliphatic rings. The molecule has 4 nitrogen and oxygen atoms in total. The fourth-order valence-electron chi connectivity index (χ4n) is 1.66. The molecule has 20 heavy (non-hydrogen) atoms. The minimum absolute atomic E-state index is 0.0322. The van der Waals surface area contributed by atoms with E-state index in [9.17, 15) is 12.8 Å². The van der Waals surface area contributed by atoms with E-state index in [-0.39, 0.29) is 10.8 Å². The first-order valence-electron chi connectivity index (χ1n) is 5.71. The van der Waals surface area contributed by atoms with Gasteiger partial charge in [-0.25, -0.2) is 22.5 Å². The summed E-state index contributed by atoms with van der Waals surface area (Å²) in [5, 5.41) is 2.42. The van der Waals surface area contributed by atoms with Crippen molar-refractivity contribution in [1.82, 2.24) is 9.71 Å². The molecule has 108 valence electrons. The molecule has 2 aromatic rings. The van der Waals surface area contributed by atoms with Crippen LogP contribution < -0.4 is 4.72 Å². The predicted octanol–water partition coefficient (Wildman–Crippen LogP) is 3.12. The van der Waals surface area contributed by atoms with Crippen LogP contribution in [0.3, 0.4) is 0 Å². The van der Waals surface area contributed by atoms with Gasteiger partial charge in [-0.15, -0.1) is 11.3 Å². The highest BCUT2D eigenvalue weighted by molar-refractivity contribution is 7.88. The van der Waals surface area contributed by atoms with Gasteiger partial charge in [0.15, 0.2) is 0 Å². The zero-order chi connectivity index (χ0) is 14.8. The molecule has 0 aliphatic carbocycles. The Kier molecular flexibility index (Phi) is 4.74. The van der Waals surface area contributed by atoms with Gasteiger partial charge in [0.05, 0.1) is 16.8 Å². The topological polar surface area (TPSA) is 59.1 Å². The Hall–Kier alpha value is -1.02. The maximum atomic E-state index is 13.3. The van der Waals surface area contributed by atoms with Gasteiger partial charge in [0.1, 0.15) is 10.8 Å². The molecule has 0 unspecified atom stereocenters. The summed E-state index contributed by atoms with van der Waals surface area (Å²) in [6.45, 7) is 1.71.